The zero-order chi connectivity index (χ0) is 20.9. The summed E-state index contributed by atoms with van der Waals surface area (Å²) in [5.74, 6) is 2.50. The Bertz CT molecular complexity index is 1140. The quantitative estimate of drug-likeness (QED) is 0.477. The molecule has 5 atom stereocenters. The van der Waals surface area contributed by atoms with Gasteiger partial charge in [0, 0.05) is 11.3 Å². The van der Waals surface area contributed by atoms with Crippen LogP contribution in [0.5, 0.6) is 0 Å². The van der Waals surface area contributed by atoms with Gasteiger partial charge in [0.05, 0.1) is 16.8 Å². The van der Waals surface area contributed by atoms with E-state index in [4.69, 9.17) is 11.6 Å². The second-order valence-electron chi connectivity index (χ2n) is 9.21. The van der Waals surface area contributed by atoms with Gasteiger partial charge in [-0.05, 0) is 84.4 Å². The SMILES string of the molecule is O=C(Nc1ccccc1Cl)c1ccc2c(c1)[C@@H]1[C@H]3CC[C@@H](C3)[C@@H]1[C@@H](c1ccccc1)N2. The Morgan fingerprint density at radius 1 is 0.935 bits per heavy atom. The molecule has 4 heteroatoms. The van der Waals surface area contributed by atoms with Crippen LogP contribution in [-0.4, -0.2) is 5.91 Å². The molecule has 156 valence electrons. The first-order valence-electron chi connectivity index (χ1n) is 11.2. The molecular weight excluding hydrogens is 404 g/mol. The summed E-state index contributed by atoms with van der Waals surface area (Å²) in [6, 6.07) is 24.7. The van der Waals surface area contributed by atoms with E-state index in [1.807, 2.05) is 24.3 Å². The van der Waals surface area contributed by atoms with Crippen molar-refractivity contribution in [2.24, 2.45) is 17.8 Å². The van der Waals surface area contributed by atoms with Crippen LogP contribution in [0.2, 0.25) is 5.02 Å². The van der Waals surface area contributed by atoms with Crippen LogP contribution < -0.4 is 10.6 Å². The summed E-state index contributed by atoms with van der Waals surface area (Å²) in [4.78, 5) is 13.0. The highest BCUT2D eigenvalue weighted by atomic mass is 35.5. The zero-order valence-corrected chi connectivity index (χ0v) is 18.0. The van der Waals surface area contributed by atoms with Crippen molar-refractivity contribution in [1.29, 1.82) is 0 Å². The summed E-state index contributed by atoms with van der Waals surface area (Å²) in [7, 11) is 0. The lowest BCUT2D eigenvalue weighted by molar-refractivity contribution is 0.102. The Balaban J connectivity index is 1.36. The van der Waals surface area contributed by atoms with E-state index in [0.29, 0.717) is 34.2 Å². The minimum atomic E-state index is -0.110. The number of nitrogens with one attached hydrogen (secondary N) is 2. The topological polar surface area (TPSA) is 41.1 Å². The monoisotopic (exact) mass is 428 g/mol. The first-order chi connectivity index (χ1) is 15.2. The zero-order valence-electron chi connectivity index (χ0n) is 17.2. The number of para-hydroxylation sites is 1. The fraction of sp³-hybridized carbons (Fsp3) is 0.296. The Kier molecular flexibility index (Phi) is 4.53. The van der Waals surface area contributed by atoms with E-state index in [1.165, 1.54) is 36.1 Å². The van der Waals surface area contributed by atoms with E-state index in [1.54, 1.807) is 6.07 Å². The van der Waals surface area contributed by atoms with Gasteiger partial charge in [-0.1, -0.05) is 54.1 Å². The molecule has 1 heterocycles. The maximum Gasteiger partial charge on any atom is 0.255 e. The molecule has 0 aromatic heterocycles. The number of fused-ring (bicyclic) bond motifs is 7. The van der Waals surface area contributed by atoms with Crippen molar-refractivity contribution >= 4 is 28.9 Å². The molecule has 2 fully saturated rings. The molecule has 3 aromatic carbocycles. The van der Waals surface area contributed by atoms with Crippen molar-refractivity contribution < 1.29 is 4.79 Å². The van der Waals surface area contributed by atoms with E-state index in [9.17, 15) is 4.79 Å². The molecule has 3 nitrogen and oxygen atoms in total. The van der Waals surface area contributed by atoms with E-state index >= 15 is 0 Å². The van der Waals surface area contributed by atoms with Crippen LogP contribution in [-0.2, 0) is 0 Å². The fourth-order valence-corrected chi connectivity index (χ4v) is 6.56. The molecule has 0 spiro atoms. The lowest BCUT2D eigenvalue weighted by Gasteiger charge is -2.43. The molecule has 3 aliphatic rings. The van der Waals surface area contributed by atoms with Crippen LogP contribution in [0.15, 0.2) is 72.8 Å². The first kappa shape index (κ1) is 18.9. The van der Waals surface area contributed by atoms with Crippen LogP contribution in [0.3, 0.4) is 0 Å². The minimum Gasteiger partial charge on any atom is -0.378 e. The number of amides is 1. The average molecular weight is 429 g/mol. The number of hydrogen-bond donors (Lipinski definition) is 2. The minimum absolute atomic E-state index is 0.110. The highest BCUT2D eigenvalue weighted by Crippen LogP contribution is 2.63. The van der Waals surface area contributed by atoms with Gasteiger partial charge >= 0.3 is 0 Å². The molecule has 2 N–H and O–H groups in total. The number of carbonyl (C=O) groups excluding carboxylic acids is 1. The van der Waals surface area contributed by atoms with Gasteiger partial charge in [-0.2, -0.15) is 0 Å². The van der Waals surface area contributed by atoms with Crippen LogP contribution in [0.25, 0.3) is 0 Å². The maximum absolute atomic E-state index is 13.0. The van der Waals surface area contributed by atoms with E-state index in [-0.39, 0.29) is 5.91 Å². The van der Waals surface area contributed by atoms with Gasteiger partial charge in [-0.3, -0.25) is 4.79 Å². The van der Waals surface area contributed by atoms with Crippen LogP contribution in [0, 0.1) is 17.8 Å². The normalized spacial score (nSPS) is 27.8. The van der Waals surface area contributed by atoms with Gasteiger partial charge in [-0.15, -0.1) is 0 Å². The van der Waals surface area contributed by atoms with Crippen molar-refractivity contribution in [2.75, 3.05) is 10.6 Å². The maximum atomic E-state index is 13.0. The molecule has 2 saturated carbocycles. The number of halogens is 1. The molecule has 0 unspecified atom stereocenters. The first-order valence-corrected chi connectivity index (χ1v) is 11.6. The third kappa shape index (κ3) is 3.14. The predicted molar refractivity (Wildman–Crippen MR) is 126 cm³/mol. The highest BCUT2D eigenvalue weighted by molar-refractivity contribution is 6.33. The smallest absolute Gasteiger partial charge is 0.255 e. The molecule has 2 bridgehead atoms. The lowest BCUT2D eigenvalue weighted by atomic mass is 9.68. The van der Waals surface area contributed by atoms with Crippen molar-refractivity contribution in [2.45, 2.75) is 31.2 Å². The van der Waals surface area contributed by atoms with Gasteiger partial charge in [0.1, 0.15) is 0 Å². The molecule has 0 saturated heterocycles. The molecule has 6 rings (SSSR count). The Labute approximate surface area is 187 Å². The molecular formula is C27H25ClN2O. The number of benzene rings is 3. The lowest BCUT2D eigenvalue weighted by Crippen LogP contribution is -2.35. The third-order valence-corrected chi connectivity index (χ3v) is 7.96. The van der Waals surface area contributed by atoms with Crippen molar-refractivity contribution in [3.63, 3.8) is 0 Å². The summed E-state index contributed by atoms with van der Waals surface area (Å²) in [5.41, 5.74) is 5.21. The summed E-state index contributed by atoms with van der Waals surface area (Å²) in [6.07, 6.45) is 3.96. The second kappa shape index (κ2) is 7.42. The molecule has 3 aromatic rings. The van der Waals surface area contributed by atoms with Gasteiger partial charge in [0.15, 0.2) is 0 Å². The Morgan fingerprint density at radius 2 is 1.71 bits per heavy atom. The van der Waals surface area contributed by atoms with Crippen molar-refractivity contribution in [1.82, 2.24) is 0 Å². The number of anilines is 2. The standard InChI is InChI=1S/C27H25ClN2O/c28-21-8-4-5-9-23(21)30-27(31)19-12-13-22-20(15-19)24-17-10-11-18(14-17)25(24)26(29-22)16-6-2-1-3-7-16/h1-9,12-13,15,17-18,24-26,29H,10-11,14H2,(H,30,31)/t17-,18-,24-,25-,26+/m0/s1. The molecule has 1 aliphatic heterocycles. The largest absolute Gasteiger partial charge is 0.378 e. The Hall–Kier alpha value is -2.78. The van der Waals surface area contributed by atoms with Gasteiger partial charge < -0.3 is 10.6 Å². The van der Waals surface area contributed by atoms with Gasteiger partial charge in [-0.25, -0.2) is 0 Å². The Morgan fingerprint density at radius 3 is 2.55 bits per heavy atom. The molecule has 2 aliphatic carbocycles. The number of rotatable bonds is 3. The van der Waals surface area contributed by atoms with Crippen LogP contribution in [0.4, 0.5) is 11.4 Å². The summed E-state index contributed by atoms with van der Waals surface area (Å²) >= 11 is 6.24. The van der Waals surface area contributed by atoms with E-state index in [0.717, 1.165) is 11.8 Å². The fourth-order valence-electron chi connectivity index (χ4n) is 6.37. The highest BCUT2D eigenvalue weighted by Gasteiger charge is 2.53. The molecule has 1 amide bonds. The van der Waals surface area contributed by atoms with E-state index < -0.39 is 0 Å². The van der Waals surface area contributed by atoms with Crippen molar-refractivity contribution in [3.05, 3.63) is 94.5 Å². The van der Waals surface area contributed by atoms with E-state index in [2.05, 4.69) is 53.1 Å². The van der Waals surface area contributed by atoms with Gasteiger partial charge in [0.25, 0.3) is 5.91 Å². The second-order valence-corrected chi connectivity index (χ2v) is 9.61. The average Bonchev–Trinajstić information content (AvgIpc) is 3.43. The number of hydrogen-bond acceptors (Lipinski definition) is 2. The summed E-state index contributed by atoms with van der Waals surface area (Å²) in [6.45, 7) is 0. The third-order valence-electron chi connectivity index (χ3n) is 7.63. The summed E-state index contributed by atoms with van der Waals surface area (Å²) < 4.78 is 0. The number of carbonyl (C=O) groups is 1. The van der Waals surface area contributed by atoms with Crippen molar-refractivity contribution in [3.8, 4) is 0 Å². The van der Waals surface area contributed by atoms with Crippen LogP contribution in [0.1, 0.15) is 52.7 Å². The van der Waals surface area contributed by atoms with Gasteiger partial charge in [0.2, 0.25) is 0 Å². The molecule has 31 heavy (non-hydrogen) atoms. The van der Waals surface area contributed by atoms with Crippen LogP contribution >= 0.6 is 11.6 Å². The predicted octanol–water partition coefficient (Wildman–Crippen LogP) is 6.89. The molecule has 0 radical (unpaired) electrons. The summed E-state index contributed by atoms with van der Waals surface area (Å²) in [5, 5.41) is 7.36.